The lowest BCUT2D eigenvalue weighted by molar-refractivity contribution is -0.133. The van der Waals surface area contributed by atoms with E-state index in [9.17, 15) is 9.59 Å². The maximum Gasteiger partial charge on any atom is 0.405 e. The van der Waals surface area contributed by atoms with Gasteiger partial charge >= 0.3 is 6.09 Å². The molecule has 19 heavy (non-hydrogen) atoms. The van der Waals surface area contributed by atoms with Gasteiger partial charge in [0, 0.05) is 7.05 Å². The molecule has 2 atom stereocenters. The molecule has 0 saturated heterocycles. The van der Waals surface area contributed by atoms with Gasteiger partial charge in [-0.25, -0.2) is 4.79 Å². The molecule has 0 spiro atoms. The molecule has 1 aromatic rings. The number of carbonyl (C=O) groups is 2. The summed E-state index contributed by atoms with van der Waals surface area (Å²) in [5.74, 6) is -0.221. The van der Waals surface area contributed by atoms with Crippen molar-refractivity contribution in [1.82, 2.24) is 10.2 Å². The first-order valence-corrected chi connectivity index (χ1v) is 6.07. The van der Waals surface area contributed by atoms with Crippen molar-refractivity contribution in [2.45, 2.75) is 18.5 Å². The van der Waals surface area contributed by atoms with Crippen molar-refractivity contribution in [3.05, 3.63) is 48.0 Å². The third kappa shape index (κ3) is 2.93. The second-order valence-corrected chi connectivity index (χ2v) is 4.47. The number of hydrogen-bond acceptors (Lipinski definition) is 2. The summed E-state index contributed by atoms with van der Waals surface area (Å²) in [5, 5.41) is 11.0. The zero-order valence-electron chi connectivity index (χ0n) is 10.6. The van der Waals surface area contributed by atoms with E-state index < -0.39 is 12.1 Å². The molecule has 1 aromatic carbocycles. The van der Waals surface area contributed by atoms with Crippen molar-refractivity contribution in [2.24, 2.45) is 0 Å². The second-order valence-electron chi connectivity index (χ2n) is 4.47. The normalized spacial score (nSPS) is 23.0. The van der Waals surface area contributed by atoms with Crippen LogP contribution < -0.4 is 5.32 Å². The number of amides is 2. The quantitative estimate of drug-likeness (QED) is 0.796. The van der Waals surface area contributed by atoms with E-state index in [-0.39, 0.29) is 11.9 Å². The molecule has 100 valence electrons. The second kappa shape index (κ2) is 5.56. The zero-order valence-corrected chi connectivity index (χ0v) is 10.6. The fourth-order valence-corrected chi connectivity index (χ4v) is 2.21. The van der Waals surface area contributed by atoms with Crippen LogP contribution in [0.1, 0.15) is 18.0 Å². The van der Waals surface area contributed by atoms with E-state index in [2.05, 4.69) is 5.32 Å². The summed E-state index contributed by atoms with van der Waals surface area (Å²) >= 11 is 0. The molecule has 2 N–H and O–H groups in total. The molecule has 0 radical (unpaired) electrons. The average Bonchev–Trinajstić information content (AvgIpc) is 2.53. The van der Waals surface area contributed by atoms with Crippen molar-refractivity contribution < 1.29 is 14.7 Å². The molecule has 1 aliphatic heterocycles. The maximum absolute atomic E-state index is 12.2. The van der Waals surface area contributed by atoms with E-state index in [4.69, 9.17) is 5.11 Å². The molecule has 1 aliphatic rings. The van der Waals surface area contributed by atoms with E-state index in [1.54, 1.807) is 11.9 Å². The van der Waals surface area contributed by atoms with Crippen molar-refractivity contribution in [2.75, 3.05) is 7.05 Å². The Morgan fingerprint density at radius 2 is 2.05 bits per heavy atom. The molecule has 0 bridgehead atoms. The van der Waals surface area contributed by atoms with Gasteiger partial charge in [0.25, 0.3) is 0 Å². The predicted octanol–water partition coefficient (Wildman–Crippen LogP) is 1.78. The highest BCUT2D eigenvalue weighted by Gasteiger charge is 2.29. The number of rotatable bonds is 2. The highest BCUT2D eigenvalue weighted by atomic mass is 16.4. The zero-order chi connectivity index (χ0) is 13.8. The van der Waals surface area contributed by atoms with Gasteiger partial charge in [0.15, 0.2) is 0 Å². The van der Waals surface area contributed by atoms with Gasteiger partial charge in [0.2, 0.25) is 5.91 Å². The summed E-state index contributed by atoms with van der Waals surface area (Å²) in [6, 6.07) is 8.77. The van der Waals surface area contributed by atoms with Gasteiger partial charge in [-0.2, -0.15) is 0 Å². The topological polar surface area (TPSA) is 69.6 Å². The number of benzene rings is 1. The van der Waals surface area contributed by atoms with E-state index in [0.717, 1.165) is 5.56 Å². The molecule has 0 saturated carbocycles. The van der Waals surface area contributed by atoms with Crippen LogP contribution in [-0.4, -0.2) is 35.1 Å². The fourth-order valence-electron chi connectivity index (χ4n) is 2.21. The molecular formula is C14H16N2O3. The minimum absolute atomic E-state index is 0.158. The summed E-state index contributed by atoms with van der Waals surface area (Å²) in [5.41, 5.74) is 1.01. The fraction of sp³-hybridized carbons (Fsp3) is 0.286. The lowest BCUT2D eigenvalue weighted by Gasteiger charge is -2.27. The summed E-state index contributed by atoms with van der Waals surface area (Å²) in [7, 11) is 1.69. The monoisotopic (exact) mass is 260 g/mol. The Morgan fingerprint density at radius 1 is 1.37 bits per heavy atom. The van der Waals surface area contributed by atoms with Crippen molar-refractivity contribution >= 4 is 12.0 Å². The van der Waals surface area contributed by atoms with Crippen LogP contribution >= 0.6 is 0 Å². The van der Waals surface area contributed by atoms with E-state index >= 15 is 0 Å². The van der Waals surface area contributed by atoms with Crippen LogP contribution in [-0.2, 0) is 4.79 Å². The molecule has 0 unspecified atom stereocenters. The van der Waals surface area contributed by atoms with Gasteiger partial charge in [0.1, 0.15) is 6.04 Å². The van der Waals surface area contributed by atoms with E-state index in [0.29, 0.717) is 6.42 Å². The van der Waals surface area contributed by atoms with Gasteiger partial charge < -0.3 is 15.3 Å². The first-order chi connectivity index (χ1) is 9.09. The highest BCUT2D eigenvalue weighted by molar-refractivity contribution is 5.86. The number of nitrogens with one attached hydrogen (secondary N) is 1. The molecule has 2 amide bonds. The third-order valence-electron chi connectivity index (χ3n) is 3.19. The van der Waals surface area contributed by atoms with Gasteiger partial charge in [-0.3, -0.25) is 4.79 Å². The highest BCUT2D eigenvalue weighted by Crippen LogP contribution is 2.24. The molecule has 0 aliphatic carbocycles. The SMILES string of the molecule is CN1C(=O)[C@@H](NC(=O)O)CC=C[C@H]1c1ccccc1. The molecular weight excluding hydrogens is 244 g/mol. The summed E-state index contributed by atoms with van der Waals surface area (Å²) in [6.07, 6.45) is 2.97. The molecule has 5 nitrogen and oxygen atoms in total. The summed E-state index contributed by atoms with van der Waals surface area (Å²) in [4.78, 5) is 24.5. The Hall–Kier alpha value is -2.30. The maximum atomic E-state index is 12.2. The first kappa shape index (κ1) is 13.1. The number of hydrogen-bond donors (Lipinski definition) is 2. The van der Waals surface area contributed by atoms with Crippen molar-refractivity contribution in [1.29, 1.82) is 0 Å². The smallest absolute Gasteiger partial charge is 0.405 e. The first-order valence-electron chi connectivity index (χ1n) is 6.07. The van der Waals surface area contributed by atoms with Crippen LogP contribution in [0.5, 0.6) is 0 Å². The lowest BCUT2D eigenvalue weighted by atomic mass is 10.1. The molecule has 0 fully saturated rings. The molecule has 5 heteroatoms. The van der Waals surface area contributed by atoms with Gasteiger partial charge in [-0.1, -0.05) is 42.5 Å². The minimum Gasteiger partial charge on any atom is -0.465 e. The Morgan fingerprint density at radius 3 is 2.68 bits per heavy atom. The van der Waals surface area contributed by atoms with Gasteiger partial charge in [0.05, 0.1) is 6.04 Å². The van der Waals surface area contributed by atoms with E-state index in [1.165, 1.54) is 0 Å². The number of carbonyl (C=O) groups excluding carboxylic acids is 1. The van der Waals surface area contributed by atoms with Crippen LogP contribution in [0.25, 0.3) is 0 Å². The Balaban J connectivity index is 2.22. The number of carboxylic acid groups (broad SMARTS) is 1. The van der Waals surface area contributed by atoms with Crippen LogP contribution in [0, 0.1) is 0 Å². The summed E-state index contributed by atoms with van der Waals surface area (Å²) in [6.45, 7) is 0. The third-order valence-corrected chi connectivity index (χ3v) is 3.19. The van der Waals surface area contributed by atoms with E-state index in [1.807, 2.05) is 42.5 Å². The lowest BCUT2D eigenvalue weighted by Crippen LogP contribution is -2.46. The van der Waals surface area contributed by atoms with Crippen LogP contribution in [0.4, 0.5) is 4.79 Å². The molecule has 2 rings (SSSR count). The predicted molar refractivity (Wildman–Crippen MR) is 70.7 cm³/mol. The average molecular weight is 260 g/mol. The summed E-state index contributed by atoms with van der Waals surface area (Å²) < 4.78 is 0. The largest absolute Gasteiger partial charge is 0.465 e. The van der Waals surface area contributed by atoms with Gasteiger partial charge in [-0.05, 0) is 12.0 Å². The van der Waals surface area contributed by atoms with Crippen molar-refractivity contribution in [3.63, 3.8) is 0 Å². The van der Waals surface area contributed by atoms with Crippen LogP contribution in [0.2, 0.25) is 0 Å². The standard InChI is InChI=1S/C14H16N2O3/c1-16-12(10-6-3-2-4-7-10)9-5-8-11(13(16)17)15-14(18)19/h2-7,9,11-12,15H,8H2,1H3,(H,18,19)/t11-,12-/m0/s1. The number of likely N-dealkylation sites (N-methyl/N-ethyl adjacent to an activating group) is 1. The molecule has 1 heterocycles. The Bertz CT molecular complexity index is 499. The van der Waals surface area contributed by atoms with Crippen LogP contribution in [0.3, 0.4) is 0 Å². The Kier molecular flexibility index (Phi) is 3.85. The van der Waals surface area contributed by atoms with Gasteiger partial charge in [-0.15, -0.1) is 0 Å². The Labute approximate surface area is 111 Å². The number of nitrogens with zero attached hydrogens (tertiary/aromatic N) is 1. The minimum atomic E-state index is -1.18. The van der Waals surface area contributed by atoms with Crippen molar-refractivity contribution in [3.8, 4) is 0 Å². The molecule has 0 aromatic heterocycles. The van der Waals surface area contributed by atoms with Crippen LogP contribution in [0.15, 0.2) is 42.5 Å².